The number of hydrogen-bond acceptors (Lipinski definition) is 5. The Morgan fingerprint density at radius 3 is 2.81 bits per heavy atom. The molecule has 154 valence electrons. The maximum absolute atomic E-state index is 9.82. The molecular weight excluding hydrogens is 390 g/mol. The number of H-pyrrole nitrogens is 1. The molecule has 0 aliphatic carbocycles. The third kappa shape index (κ3) is 3.13. The molecule has 2 aromatic carbocycles. The quantitative estimate of drug-likeness (QED) is 0.303. The predicted octanol–water partition coefficient (Wildman–Crippen LogP) is 3.87. The van der Waals surface area contributed by atoms with Gasteiger partial charge < -0.3 is 9.47 Å². The minimum absolute atomic E-state index is 0.547. The van der Waals surface area contributed by atoms with Crippen molar-refractivity contribution < 1.29 is 13.9 Å². The Bertz CT molecular complexity index is 1380. The lowest BCUT2D eigenvalue weighted by atomic mass is 10.0. The molecule has 0 amide bonds. The first-order valence-electron chi connectivity index (χ1n) is 10.3. The first-order chi connectivity index (χ1) is 15.2. The van der Waals surface area contributed by atoms with Gasteiger partial charge in [-0.2, -0.15) is 15.1 Å². The monoisotopic (exact) mass is 412 g/mol. The fourth-order valence-corrected chi connectivity index (χ4v) is 4.12. The maximum Gasteiger partial charge on any atom is 0.253 e. The highest BCUT2D eigenvalue weighted by Gasteiger charge is 2.24. The molecule has 2 N–H and O–H groups in total. The van der Waals surface area contributed by atoms with E-state index in [1.165, 1.54) is 0 Å². The highest BCUT2D eigenvalue weighted by Crippen LogP contribution is 2.30. The van der Waals surface area contributed by atoms with Crippen molar-refractivity contribution in [2.45, 2.75) is 20.3 Å². The zero-order valence-corrected chi connectivity index (χ0v) is 17.4. The number of fused-ring (bicyclic) bond motifs is 4. The van der Waals surface area contributed by atoms with Gasteiger partial charge in [-0.3, -0.25) is 4.98 Å². The summed E-state index contributed by atoms with van der Waals surface area (Å²) in [5.74, 6) is 2.33. The van der Waals surface area contributed by atoms with Crippen LogP contribution in [0.3, 0.4) is 0 Å². The van der Waals surface area contributed by atoms with E-state index in [1.807, 2.05) is 53.8 Å². The Balaban J connectivity index is 1.61. The van der Waals surface area contributed by atoms with Gasteiger partial charge >= 0.3 is 0 Å². The summed E-state index contributed by atoms with van der Waals surface area (Å²) in [5, 5.41) is 14.3. The van der Waals surface area contributed by atoms with Crippen molar-refractivity contribution in [3.63, 3.8) is 0 Å². The molecule has 0 fully saturated rings. The number of pyridine rings is 1. The summed E-state index contributed by atoms with van der Waals surface area (Å²) in [6.45, 7) is 5.18. The molecule has 31 heavy (non-hydrogen) atoms. The Morgan fingerprint density at radius 2 is 2.00 bits per heavy atom. The lowest BCUT2D eigenvalue weighted by Gasteiger charge is -2.18. The minimum atomic E-state index is 0.547. The first kappa shape index (κ1) is 18.9. The van der Waals surface area contributed by atoms with Gasteiger partial charge in [0, 0.05) is 5.56 Å². The van der Waals surface area contributed by atoms with Gasteiger partial charge in [0.2, 0.25) is 5.65 Å². The zero-order chi connectivity index (χ0) is 21.4. The summed E-state index contributed by atoms with van der Waals surface area (Å²) in [5.41, 5.74) is 9.50. The number of imidazole rings is 1. The molecule has 7 heteroatoms. The van der Waals surface area contributed by atoms with Crippen LogP contribution in [0.2, 0.25) is 0 Å². The zero-order valence-electron chi connectivity index (χ0n) is 17.4. The van der Waals surface area contributed by atoms with Crippen LogP contribution >= 0.6 is 0 Å². The number of nitriles is 1. The van der Waals surface area contributed by atoms with E-state index < -0.39 is 0 Å². The molecule has 4 aromatic rings. The number of nitrogens with zero attached hydrogens (tertiary/aromatic N) is 3. The van der Waals surface area contributed by atoms with Crippen molar-refractivity contribution in [3.8, 4) is 17.6 Å². The fraction of sp³-hybridized carbons (Fsp3) is 0.208. The van der Waals surface area contributed by atoms with E-state index in [0.717, 1.165) is 57.1 Å². The maximum atomic E-state index is 9.82. The third-order valence-corrected chi connectivity index (χ3v) is 5.61. The van der Waals surface area contributed by atoms with Crippen molar-refractivity contribution in [1.82, 2.24) is 4.98 Å². The number of hydrazone groups is 1. The number of nitrogens with one attached hydrogen (secondary N) is 2. The molecule has 2 aromatic heterocycles. The molecule has 0 atom stereocenters. The summed E-state index contributed by atoms with van der Waals surface area (Å²) >= 11 is 0. The topological polar surface area (TPSA) is 86.5 Å². The van der Waals surface area contributed by atoms with Gasteiger partial charge in [-0.15, -0.1) is 5.10 Å². The Labute approximate surface area is 179 Å². The fourth-order valence-electron chi connectivity index (χ4n) is 4.12. The molecule has 5 rings (SSSR count). The van der Waals surface area contributed by atoms with Gasteiger partial charge in [0.25, 0.3) is 5.82 Å². The average molecular weight is 412 g/mol. The number of aromatic nitrogens is 2. The molecule has 0 bridgehead atoms. The summed E-state index contributed by atoms with van der Waals surface area (Å²) < 4.78 is 13.3. The van der Waals surface area contributed by atoms with E-state index in [2.05, 4.69) is 28.5 Å². The van der Waals surface area contributed by atoms with Crippen molar-refractivity contribution in [1.29, 1.82) is 5.26 Å². The molecule has 0 spiro atoms. The van der Waals surface area contributed by atoms with E-state index >= 15 is 0 Å². The number of para-hydroxylation sites is 2. The van der Waals surface area contributed by atoms with Gasteiger partial charge in [-0.1, -0.05) is 19.1 Å². The van der Waals surface area contributed by atoms with E-state index in [9.17, 15) is 5.26 Å². The summed E-state index contributed by atoms with van der Waals surface area (Å²) in [7, 11) is 0. The van der Waals surface area contributed by atoms with Crippen LogP contribution in [0.25, 0.3) is 16.7 Å². The van der Waals surface area contributed by atoms with E-state index in [1.54, 1.807) is 6.21 Å². The van der Waals surface area contributed by atoms with Crippen LogP contribution in [0.5, 0.6) is 11.5 Å². The molecule has 1 aliphatic rings. The summed E-state index contributed by atoms with van der Waals surface area (Å²) in [6.07, 6.45) is 2.53. The SMILES string of the molecule is CCc1c(C)c(C#N)c2[nH]c3ccccc3[n+]2c1NN=Cc1ccc2c(c1)OCCO2. The molecule has 7 nitrogen and oxygen atoms in total. The minimum Gasteiger partial charge on any atom is -0.486 e. The highest BCUT2D eigenvalue weighted by molar-refractivity contribution is 5.82. The van der Waals surface area contributed by atoms with Crippen molar-refractivity contribution in [2.24, 2.45) is 5.10 Å². The smallest absolute Gasteiger partial charge is 0.253 e. The molecule has 0 saturated heterocycles. The van der Waals surface area contributed by atoms with Crippen LogP contribution in [0, 0.1) is 18.3 Å². The van der Waals surface area contributed by atoms with Crippen molar-refractivity contribution in [3.05, 3.63) is 64.7 Å². The number of ether oxygens (including phenoxy) is 2. The lowest BCUT2D eigenvalue weighted by Crippen LogP contribution is -2.28. The second-order valence-corrected chi connectivity index (χ2v) is 7.39. The van der Waals surface area contributed by atoms with Gasteiger partial charge in [-0.25, -0.2) is 0 Å². The normalized spacial score (nSPS) is 13.1. The summed E-state index contributed by atoms with van der Waals surface area (Å²) in [6, 6.07) is 16.1. The van der Waals surface area contributed by atoms with Crippen LogP contribution in [0.1, 0.15) is 29.2 Å². The number of anilines is 1. The first-order valence-corrected chi connectivity index (χ1v) is 10.3. The van der Waals surface area contributed by atoms with E-state index in [4.69, 9.17) is 9.47 Å². The van der Waals surface area contributed by atoms with Crippen LogP contribution in [-0.4, -0.2) is 24.4 Å². The lowest BCUT2D eigenvalue weighted by molar-refractivity contribution is -0.465. The third-order valence-electron chi connectivity index (χ3n) is 5.61. The van der Waals surface area contributed by atoms with Gasteiger partial charge in [0.15, 0.2) is 11.5 Å². The average Bonchev–Trinajstić information content (AvgIpc) is 3.18. The number of benzene rings is 2. The highest BCUT2D eigenvalue weighted by atomic mass is 16.6. The second-order valence-electron chi connectivity index (χ2n) is 7.39. The van der Waals surface area contributed by atoms with Crippen molar-refractivity contribution in [2.75, 3.05) is 18.6 Å². The Hall–Kier alpha value is -4.05. The standard InChI is InChI=1S/C24H21N5O2/c1-3-17-15(2)18(13-25)23-27-19-6-4-5-7-20(19)29(23)24(17)28-26-14-16-8-9-21-22(12-16)31-11-10-30-21/h4-9,12,14H,3,10-11H2,1-2H3,(H,27,28)/p+1. The molecule has 0 saturated carbocycles. The second kappa shape index (κ2) is 7.65. The molecule has 1 aliphatic heterocycles. The van der Waals surface area contributed by atoms with Gasteiger partial charge in [-0.05, 0) is 54.8 Å². The van der Waals surface area contributed by atoms with Crippen LogP contribution in [0.4, 0.5) is 5.82 Å². The van der Waals surface area contributed by atoms with Crippen LogP contribution < -0.4 is 19.3 Å². The van der Waals surface area contributed by atoms with E-state index in [0.29, 0.717) is 18.8 Å². The van der Waals surface area contributed by atoms with E-state index in [-0.39, 0.29) is 0 Å². The Kier molecular flexibility index (Phi) is 4.68. The molecular formula is C24H22N5O2+. The van der Waals surface area contributed by atoms with Gasteiger partial charge in [0.1, 0.15) is 35.9 Å². The Morgan fingerprint density at radius 1 is 1.19 bits per heavy atom. The largest absolute Gasteiger partial charge is 0.486 e. The molecule has 3 heterocycles. The van der Waals surface area contributed by atoms with Crippen LogP contribution in [0.15, 0.2) is 47.6 Å². The van der Waals surface area contributed by atoms with Crippen LogP contribution in [-0.2, 0) is 6.42 Å². The predicted molar refractivity (Wildman–Crippen MR) is 119 cm³/mol. The van der Waals surface area contributed by atoms with Gasteiger partial charge in [0.05, 0.1) is 6.21 Å². The molecule has 0 radical (unpaired) electrons. The number of aromatic amines is 1. The summed E-state index contributed by atoms with van der Waals surface area (Å²) in [4.78, 5) is 3.39. The molecule has 0 unspecified atom stereocenters. The number of hydrogen-bond donors (Lipinski definition) is 2. The van der Waals surface area contributed by atoms with Crippen molar-refractivity contribution >= 4 is 28.7 Å². The number of rotatable bonds is 4.